The van der Waals surface area contributed by atoms with E-state index >= 15 is 0 Å². The Morgan fingerprint density at radius 2 is 1.73 bits per heavy atom. The van der Waals surface area contributed by atoms with Crippen LogP contribution in [-0.2, 0) is 4.79 Å². The Balaban J connectivity index is 0. The van der Waals surface area contributed by atoms with Gasteiger partial charge in [0.15, 0.2) is 0 Å². The summed E-state index contributed by atoms with van der Waals surface area (Å²) < 4.78 is 0. The number of amides is 1. The second-order valence-electron chi connectivity index (χ2n) is 2.04. The molecule has 0 aliphatic rings. The van der Waals surface area contributed by atoms with Gasteiger partial charge in [-0.3, -0.25) is 4.79 Å². The predicted octanol–water partition coefficient (Wildman–Crippen LogP) is 0.534. The van der Waals surface area contributed by atoms with E-state index in [1.165, 1.54) is 0 Å². The normalized spacial score (nSPS) is 7.64. The number of likely N-dealkylation sites (N-methyl/N-ethyl adjacent to an activating group) is 1. The van der Waals surface area contributed by atoms with E-state index in [4.69, 9.17) is 0 Å². The fourth-order valence-electron chi connectivity index (χ4n) is 0.337. The van der Waals surface area contributed by atoms with Crippen LogP contribution in [0.25, 0.3) is 0 Å². The maximum absolute atomic E-state index is 10.5. The SMILES string of the molecule is C=C(CC)C(=O)NC.CNC. The van der Waals surface area contributed by atoms with Gasteiger partial charge in [-0.05, 0) is 20.5 Å². The molecule has 0 unspecified atom stereocenters. The van der Waals surface area contributed by atoms with Crippen molar-refractivity contribution >= 4 is 5.91 Å². The summed E-state index contributed by atoms with van der Waals surface area (Å²) in [4.78, 5) is 10.5. The minimum Gasteiger partial charge on any atom is -0.355 e. The van der Waals surface area contributed by atoms with Gasteiger partial charge in [-0.2, -0.15) is 0 Å². The largest absolute Gasteiger partial charge is 0.355 e. The molecule has 0 radical (unpaired) electrons. The van der Waals surface area contributed by atoms with Crippen molar-refractivity contribution in [1.29, 1.82) is 0 Å². The van der Waals surface area contributed by atoms with E-state index < -0.39 is 0 Å². The molecule has 0 bridgehead atoms. The monoisotopic (exact) mass is 158 g/mol. The van der Waals surface area contributed by atoms with E-state index in [0.29, 0.717) is 5.57 Å². The summed E-state index contributed by atoms with van der Waals surface area (Å²) in [5, 5.41) is 5.23. The van der Waals surface area contributed by atoms with Crippen LogP contribution in [-0.4, -0.2) is 27.1 Å². The average molecular weight is 158 g/mol. The summed E-state index contributed by atoms with van der Waals surface area (Å²) in [5.41, 5.74) is 0.632. The van der Waals surface area contributed by atoms with Crippen LogP contribution in [0.2, 0.25) is 0 Å². The number of rotatable bonds is 2. The zero-order valence-electron chi connectivity index (χ0n) is 7.82. The maximum atomic E-state index is 10.5. The van der Waals surface area contributed by atoms with Gasteiger partial charge < -0.3 is 10.6 Å². The minimum atomic E-state index is -0.0625. The number of hydrogen-bond donors (Lipinski definition) is 2. The summed E-state index contributed by atoms with van der Waals surface area (Å²) in [6, 6.07) is 0. The fourth-order valence-corrected chi connectivity index (χ4v) is 0.337. The van der Waals surface area contributed by atoms with Gasteiger partial charge in [-0.15, -0.1) is 0 Å². The van der Waals surface area contributed by atoms with Gasteiger partial charge in [-0.25, -0.2) is 0 Å². The first-order valence-electron chi connectivity index (χ1n) is 3.62. The quantitative estimate of drug-likeness (QED) is 0.576. The van der Waals surface area contributed by atoms with Crippen LogP contribution in [0.1, 0.15) is 13.3 Å². The lowest BCUT2D eigenvalue weighted by molar-refractivity contribution is -0.117. The summed E-state index contributed by atoms with van der Waals surface area (Å²) in [6.07, 6.45) is 0.722. The molecule has 0 aromatic heterocycles. The molecule has 1 amide bonds. The molecule has 0 saturated heterocycles. The van der Waals surface area contributed by atoms with Crippen LogP contribution in [0.5, 0.6) is 0 Å². The van der Waals surface area contributed by atoms with Crippen molar-refractivity contribution in [2.24, 2.45) is 0 Å². The first-order valence-corrected chi connectivity index (χ1v) is 3.62. The first-order chi connectivity index (χ1) is 5.13. The predicted molar refractivity (Wildman–Crippen MR) is 48.5 cm³/mol. The van der Waals surface area contributed by atoms with Crippen LogP contribution in [0.4, 0.5) is 0 Å². The van der Waals surface area contributed by atoms with Gasteiger partial charge in [0.05, 0.1) is 0 Å². The van der Waals surface area contributed by atoms with E-state index in [0.717, 1.165) is 6.42 Å². The Hall–Kier alpha value is -0.830. The van der Waals surface area contributed by atoms with Crippen molar-refractivity contribution in [3.8, 4) is 0 Å². The second kappa shape index (κ2) is 9.17. The molecule has 0 saturated carbocycles. The molecule has 0 rings (SSSR count). The van der Waals surface area contributed by atoms with Crippen LogP contribution in [0.15, 0.2) is 12.2 Å². The topological polar surface area (TPSA) is 41.1 Å². The number of carbonyl (C=O) groups excluding carboxylic acids is 1. The Kier molecular flexibility index (Phi) is 10.7. The standard InChI is InChI=1S/C6H11NO.C2H7N/c1-4-5(2)6(8)7-3;1-3-2/h2,4H2,1,3H3,(H,7,8);3H,1-2H3. The molecule has 0 aliphatic heterocycles. The lowest BCUT2D eigenvalue weighted by atomic mass is 10.2. The third kappa shape index (κ3) is 9.17. The van der Waals surface area contributed by atoms with Gasteiger partial charge >= 0.3 is 0 Å². The number of nitrogens with one attached hydrogen (secondary N) is 2. The Bertz CT molecular complexity index is 107. The molecule has 3 heteroatoms. The van der Waals surface area contributed by atoms with Crippen LogP contribution in [0, 0.1) is 0 Å². The van der Waals surface area contributed by atoms with Crippen molar-refractivity contribution in [2.45, 2.75) is 13.3 Å². The van der Waals surface area contributed by atoms with Crippen LogP contribution >= 0.6 is 0 Å². The molecule has 3 nitrogen and oxygen atoms in total. The molecule has 0 fully saturated rings. The maximum Gasteiger partial charge on any atom is 0.246 e. The lowest BCUT2D eigenvalue weighted by Crippen LogP contribution is -2.18. The van der Waals surface area contributed by atoms with Crippen molar-refractivity contribution in [3.63, 3.8) is 0 Å². The molecule has 0 aromatic carbocycles. The highest BCUT2D eigenvalue weighted by Crippen LogP contribution is 1.93. The van der Waals surface area contributed by atoms with E-state index in [-0.39, 0.29) is 5.91 Å². The van der Waals surface area contributed by atoms with Gasteiger partial charge in [0.1, 0.15) is 0 Å². The smallest absolute Gasteiger partial charge is 0.246 e. The van der Waals surface area contributed by atoms with E-state index in [1.807, 2.05) is 21.0 Å². The van der Waals surface area contributed by atoms with E-state index in [9.17, 15) is 4.79 Å². The highest BCUT2D eigenvalue weighted by Gasteiger charge is 1.97. The van der Waals surface area contributed by atoms with Gasteiger partial charge in [-0.1, -0.05) is 13.5 Å². The molecular formula is C8H18N2O. The Morgan fingerprint density at radius 1 is 1.36 bits per heavy atom. The Labute approximate surface area is 68.9 Å². The zero-order valence-corrected chi connectivity index (χ0v) is 7.82. The van der Waals surface area contributed by atoms with E-state index in [1.54, 1.807) is 7.05 Å². The lowest BCUT2D eigenvalue weighted by Gasteiger charge is -1.96. The zero-order chi connectivity index (χ0) is 9.28. The van der Waals surface area contributed by atoms with Crippen LogP contribution in [0.3, 0.4) is 0 Å². The molecule has 0 aliphatic carbocycles. The minimum absolute atomic E-state index is 0.0625. The third-order valence-corrected chi connectivity index (χ3v) is 0.975. The molecule has 11 heavy (non-hydrogen) atoms. The van der Waals surface area contributed by atoms with Crippen molar-refractivity contribution in [2.75, 3.05) is 21.1 Å². The Morgan fingerprint density at radius 3 is 1.82 bits per heavy atom. The number of carbonyl (C=O) groups is 1. The molecule has 0 heterocycles. The first kappa shape index (κ1) is 12.8. The highest BCUT2D eigenvalue weighted by molar-refractivity contribution is 5.92. The van der Waals surface area contributed by atoms with Gasteiger partial charge in [0, 0.05) is 12.6 Å². The van der Waals surface area contributed by atoms with Crippen molar-refractivity contribution < 1.29 is 4.79 Å². The van der Waals surface area contributed by atoms with Crippen molar-refractivity contribution in [1.82, 2.24) is 10.6 Å². The van der Waals surface area contributed by atoms with Crippen molar-refractivity contribution in [3.05, 3.63) is 12.2 Å². The van der Waals surface area contributed by atoms with E-state index in [2.05, 4.69) is 17.2 Å². The highest BCUT2D eigenvalue weighted by atomic mass is 16.1. The average Bonchev–Trinajstić information content (AvgIpc) is 2.03. The molecule has 0 aromatic rings. The molecule has 0 spiro atoms. The summed E-state index contributed by atoms with van der Waals surface area (Å²) in [7, 11) is 5.35. The molecular weight excluding hydrogens is 140 g/mol. The van der Waals surface area contributed by atoms with Gasteiger partial charge in [0.25, 0.3) is 0 Å². The molecule has 2 N–H and O–H groups in total. The molecule has 0 atom stereocenters. The second-order valence-corrected chi connectivity index (χ2v) is 2.04. The summed E-state index contributed by atoms with van der Waals surface area (Å²) >= 11 is 0. The fraction of sp³-hybridized carbons (Fsp3) is 0.625. The summed E-state index contributed by atoms with van der Waals surface area (Å²) in [5.74, 6) is -0.0625. The van der Waals surface area contributed by atoms with Crippen LogP contribution < -0.4 is 10.6 Å². The summed E-state index contributed by atoms with van der Waals surface area (Å²) in [6.45, 7) is 5.43. The van der Waals surface area contributed by atoms with Gasteiger partial charge in [0.2, 0.25) is 5.91 Å². The molecule has 66 valence electrons. The number of hydrogen-bond acceptors (Lipinski definition) is 2. The third-order valence-electron chi connectivity index (χ3n) is 0.975.